The van der Waals surface area contributed by atoms with Crippen LogP contribution in [-0.2, 0) is 6.54 Å². The largest absolute Gasteiger partial charge is 0.505 e. The Morgan fingerprint density at radius 2 is 1.73 bits per heavy atom. The third kappa shape index (κ3) is 3.59. The van der Waals surface area contributed by atoms with Crippen LogP contribution in [0.4, 0.5) is 5.69 Å². The van der Waals surface area contributed by atoms with Crippen molar-refractivity contribution in [1.82, 2.24) is 9.88 Å². The first kappa shape index (κ1) is 17.8. The van der Waals surface area contributed by atoms with Crippen molar-refractivity contribution in [2.45, 2.75) is 6.54 Å². The summed E-state index contributed by atoms with van der Waals surface area (Å²) in [7, 11) is 0. The van der Waals surface area contributed by atoms with Gasteiger partial charge in [0, 0.05) is 54.5 Å². The van der Waals surface area contributed by atoms with E-state index in [-0.39, 0.29) is 5.75 Å². The summed E-state index contributed by atoms with van der Waals surface area (Å²) in [5, 5.41) is 11.3. The molecule has 2 heterocycles. The fraction of sp³-hybridized carbons (Fsp3) is 0.250. The molecule has 1 aliphatic heterocycles. The van der Waals surface area contributed by atoms with Crippen molar-refractivity contribution in [3.63, 3.8) is 0 Å². The molecular formula is C20H19Br2N3O. The van der Waals surface area contributed by atoms with Crippen LogP contribution in [0.5, 0.6) is 5.75 Å². The highest BCUT2D eigenvalue weighted by atomic mass is 79.9. The molecule has 1 fully saturated rings. The molecule has 0 saturated carbocycles. The molecule has 4 nitrogen and oxygen atoms in total. The fourth-order valence-corrected chi connectivity index (χ4v) is 4.18. The second-order valence-electron chi connectivity index (χ2n) is 6.51. The van der Waals surface area contributed by atoms with E-state index in [0.717, 1.165) is 42.6 Å². The van der Waals surface area contributed by atoms with E-state index in [0.29, 0.717) is 9.99 Å². The highest BCUT2D eigenvalue weighted by Gasteiger charge is 2.19. The Labute approximate surface area is 169 Å². The first-order chi connectivity index (χ1) is 12.6. The average Bonchev–Trinajstić information content (AvgIpc) is 2.67. The molecule has 134 valence electrons. The normalized spacial score (nSPS) is 15.5. The van der Waals surface area contributed by atoms with E-state index in [1.807, 2.05) is 18.2 Å². The van der Waals surface area contributed by atoms with E-state index in [1.54, 1.807) is 6.20 Å². The SMILES string of the molecule is Oc1c(Br)cc(CN2CCN(c3ccc(Br)cc3)CC2)c2cccnc12. The first-order valence-corrected chi connectivity index (χ1v) is 10.2. The van der Waals surface area contributed by atoms with Gasteiger partial charge < -0.3 is 10.0 Å². The maximum absolute atomic E-state index is 10.2. The molecule has 0 atom stereocenters. The van der Waals surface area contributed by atoms with Crippen LogP contribution in [0.1, 0.15) is 5.56 Å². The molecule has 1 saturated heterocycles. The Kier molecular flexibility index (Phi) is 5.16. The summed E-state index contributed by atoms with van der Waals surface area (Å²) >= 11 is 6.95. The molecule has 0 amide bonds. The lowest BCUT2D eigenvalue weighted by Gasteiger charge is -2.36. The van der Waals surface area contributed by atoms with Crippen molar-refractivity contribution in [1.29, 1.82) is 0 Å². The van der Waals surface area contributed by atoms with Crippen molar-refractivity contribution < 1.29 is 5.11 Å². The molecule has 4 rings (SSSR count). The number of phenols is 1. The van der Waals surface area contributed by atoms with Crippen molar-refractivity contribution in [2.75, 3.05) is 31.1 Å². The van der Waals surface area contributed by atoms with Gasteiger partial charge in [-0.1, -0.05) is 22.0 Å². The molecule has 0 bridgehead atoms. The highest BCUT2D eigenvalue weighted by Crippen LogP contribution is 2.34. The Bertz CT molecular complexity index is 922. The van der Waals surface area contributed by atoms with Crippen molar-refractivity contribution in [3.05, 3.63) is 63.2 Å². The number of fused-ring (bicyclic) bond motifs is 1. The van der Waals surface area contributed by atoms with Gasteiger partial charge in [0.25, 0.3) is 0 Å². The number of aromatic nitrogens is 1. The standard InChI is InChI=1S/C20H19Br2N3O/c21-15-3-5-16(6-4-15)25-10-8-24(9-11-25)13-14-12-18(22)20(26)19-17(14)2-1-7-23-19/h1-7,12,26H,8-11,13H2. The minimum absolute atomic E-state index is 0.212. The lowest BCUT2D eigenvalue weighted by Crippen LogP contribution is -2.46. The maximum Gasteiger partial charge on any atom is 0.156 e. The minimum atomic E-state index is 0.212. The molecule has 0 spiro atoms. The monoisotopic (exact) mass is 475 g/mol. The van der Waals surface area contributed by atoms with Gasteiger partial charge in [-0.25, -0.2) is 0 Å². The fourth-order valence-electron chi connectivity index (χ4n) is 3.45. The van der Waals surface area contributed by atoms with Crippen LogP contribution >= 0.6 is 31.9 Å². The second kappa shape index (κ2) is 7.55. The smallest absolute Gasteiger partial charge is 0.156 e. The van der Waals surface area contributed by atoms with Crippen molar-refractivity contribution in [2.24, 2.45) is 0 Å². The van der Waals surface area contributed by atoms with Crippen LogP contribution in [0.3, 0.4) is 0 Å². The van der Waals surface area contributed by atoms with E-state index in [4.69, 9.17) is 0 Å². The molecule has 2 aromatic carbocycles. The van der Waals surface area contributed by atoms with Crippen LogP contribution in [0.15, 0.2) is 57.6 Å². The lowest BCUT2D eigenvalue weighted by atomic mass is 10.1. The van der Waals surface area contributed by atoms with Gasteiger partial charge in [0.1, 0.15) is 5.52 Å². The Hall–Kier alpha value is -1.63. The number of halogens is 2. The summed E-state index contributed by atoms with van der Waals surface area (Å²) in [6.45, 7) is 4.90. The number of piperazine rings is 1. The summed E-state index contributed by atoms with van der Waals surface area (Å²) in [4.78, 5) is 9.23. The van der Waals surface area contributed by atoms with Crippen LogP contribution in [0.25, 0.3) is 10.9 Å². The lowest BCUT2D eigenvalue weighted by molar-refractivity contribution is 0.250. The molecule has 0 unspecified atom stereocenters. The Morgan fingerprint density at radius 3 is 2.46 bits per heavy atom. The van der Waals surface area contributed by atoms with Gasteiger partial charge in [-0.3, -0.25) is 9.88 Å². The van der Waals surface area contributed by atoms with Gasteiger partial charge in [0.2, 0.25) is 0 Å². The van der Waals surface area contributed by atoms with Gasteiger partial charge in [0.05, 0.1) is 4.47 Å². The van der Waals surface area contributed by atoms with Gasteiger partial charge in [-0.05, 0) is 57.9 Å². The van der Waals surface area contributed by atoms with Crippen LogP contribution in [-0.4, -0.2) is 41.2 Å². The molecule has 1 aromatic heterocycles. The van der Waals surface area contributed by atoms with E-state index in [9.17, 15) is 5.11 Å². The number of aromatic hydroxyl groups is 1. The summed E-state index contributed by atoms with van der Waals surface area (Å²) in [5.41, 5.74) is 3.12. The summed E-state index contributed by atoms with van der Waals surface area (Å²) < 4.78 is 1.81. The van der Waals surface area contributed by atoms with E-state index in [1.165, 1.54) is 11.3 Å². The summed E-state index contributed by atoms with van der Waals surface area (Å²) in [6, 6.07) is 14.5. The molecule has 6 heteroatoms. The van der Waals surface area contributed by atoms with Gasteiger partial charge in [-0.15, -0.1) is 0 Å². The molecule has 3 aromatic rings. The number of anilines is 1. The number of nitrogens with zero attached hydrogens (tertiary/aromatic N) is 3. The number of benzene rings is 2. The summed E-state index contributed by atoms with van der Waals surface area (Å²) in [5.74, 6) is 0.212. The van der Waals surface area contributed by atoms with Crippen LogP contribution < -0.4 is 4.90 Å². The molecule has 1 aliphatic rings. The van der Waals surface area contributed by atoms with E-state index >= 15 is 0 Å². The van der Waals surface area contributed by atoms with Gasteiger partial charge in [-0.2, -0.15) is 0 Å². The summed E-state index contributed by atoms with van der Waals surface area (Å²) in [6.07, 6.45) is 1.72. The Balaban J connectivity index is 1.49. The van der Waals surface area contributed by atoms with E-state index in [2.05, 4.69) is 70.9 Å². The zero-order valence-electron chi connectivity index (χ0n) is 14.2. The molecule has 0 radical (unpaired) electrons. The number of rotatable bonds is 3. The predicted molar refractivity (Wildman–Crippen MR) is 113 cm³/mol. The molecule has 1 N–H and O–H groups in total. The molecule has 0 aliphatic carbocycles. The number of pyridine rings is 1. The van der Waals surface area contributed by atoms with Crippen molar-refractivity contribution >= 4 is 48.5 Å². The zero-order chi connectivity index (χ0) is 18.1. The Morgan fingerprint density at radius 1 is 1.00 bits per heavy atom. The number of hydrogen-bond donors (Lipinski definition) is 1. The molecular weight excluding hydrogens is 458 g/mol. The second-order valence-corrected chi connectivity index (χ2v) is 8.28. The van der Waals surface area contributed by atoms with Gasteiger partial charge >= 0.3 is 0 Å². The van der Waals surface area contributed by atoms with Crippen LogP contribution in [0.2, 0.25) is 0 Å². The average molecular weight is 477 g/mol. The van der Waals surface area contributed by atoms with E-state index < -0.39 is 0 Å². The first-order valence-electron chi connectivity index (χ1n) is 8.60. The van der Waals surface area contributed by atoms with Gasteiger partial charge in [0.15, 0.2) is 5.75 Å². The quantitative estimate of drug-likeness (QED) is 0.590. The minimum Gasteiger partial charge on any atom is -0.505 e. The third-order valence-corrected chi connectivity index (χ3v) is 6.00. The molecule has 26 heavy (non-hydrogen) atoms. The predicted octanol–water partition coefficient (Wildman–Crippen LogP) is 4.79. The topological polar surface area (TPSA) is 39.6 Å². The number of phenolic OH excluding ortho intramolecular Hbond substituents is 1. The van der Waals surface area contributed by atoms with Crippen LogP contribution in [0, 0.1) is 0 Å². The maximum atomic E-state index is 10.2. The van der Waals surface area contributed by atoms with Crippen molar-refractivity contribution in [3.8, 4) is 5.75 Å². The number of hydrogen-bond acceptors (Lipinski definition) is 4. The third-order valence-electron chi connectivity index (χ3n) is 4.86. The highest BCUT2D eigenvalue weighted by molar-refractivity contribution is 9.10. The zero-order valence-corrected chi connectivity index (χ0v) is 17.4.